The van der Waals surface area contributed by atoms with Crippen LogP contribution in [0.3, 0.4) is 0 Å². The zero-order chi connectivity index (χ0) is 11.7. The van der Waals surface area contributed by atoms with Crippen LogP contribution in [0.25, 0.3) is 0 Å². The van der Waals surface area contributed by atoms with E-state index in [9.17, 15) is 4.79 Å². The molecule has 0 rings (SSSR count). The van der Waals surface area contributed by atoms with Crippen molar-refractivity contribution in [1.82, 2.24) is 0 Å². The Kier molecular flexibility index (Phi) is 8.33. The topological polar surface area (TPSA) is 72.5 Å². The third-order valence-corrected chi connectivity index (χ3v) is 2.50. The summed E-state index contributed by atoms with van der Waals surface area (Å²) in [5.74, 6) is -0.0905. The Bertz CT molecular complexity index is 173. The average molecular weight is 217 g/mol. The van der Waals surface area contributed by atoms with Crippen molar-refractivity contribution in [3.05, 3.63) is 0 Å². The fourth-order valence-corrected chi connectivity index (χ4v) is 1.28. The van der Waals surface area contributed by atoms with Crippen LogP contribution >= 0.6 is 0 Å². The largest absolute Gasteiger partial charge is 0.464 e. The molecule has 3 N–H and O–H groups in total. The van der Waals surface area contributed by atoms with Crippen LogP contribution in [0.4, 0.5) is 0 Å². The van der Waals surface area contributed by atoms with Gasteiger partial charge >= 0.3 is 5.97 Å². The van der Waals surface area contributed by atoms with Gasteiger partial charge in [0.05, 0.1) is 13.2 Å². The highest BCUT2D eigenvalue weighted by Gasteiger charge is 2.15. The molecule has 0 bridgehead atoms. The van der Waals surface area contributed by atoms with Crippen LogP contribution in [0.1, 0.15) is 39.5 Å². The Balaban J connectivity index is 3.74. The summed E-state index contributed by atoms with van der Waals surface area (Å²) in [6.07, 6.45) is 4.39. The van der Waals surface area contributed by atoms with Gasteiger partial charge in [-0.3, -0.25) is 4.79 Å². The fraction of sp³-hybridized carbons (Fsp3) is 0.909. The van der Waals surface area contributed by atoms with Gasteiger partial charge in [0.25, 0.3) is 0 Å². The Morgan fingerprint density at radius 1 is 1.47 bits per heavy atom. The van der Waals surface area contributed by atoms with Crippen molar-refractivity contribution in [3.63, 3.8) is 0 Å². The van der Waals surface area contributed by atoms with Gasteiger partial charge in [0.2, 0.25) is 0 Å². The molecule has 0 aromatic heterocycles. The number of aliphatic hydroxyl groups is 1. The van der Waals surface area contributed by atoms with Crippen molar-refractivity contribution in [1.29, 1.82) is 0 Å². The molecule has 0 heterocycles. The smallest absolute Gasteiger partial charge is 0.325 e. The fourth-order valence-electron chi connectivity index (χ4n) is 1.28. The van der Waals surface area contributed by atoms with E-state index in [1.165, 1.54) is 0 Å². The molecule has 0 aliphatic carbocycles. The molecule has 2 atom stereocenters. The maximum atomic E-state index is 11.2. The third-order valence-electron chi connectivity index (χ3n) is 2.50. The highest BCUT2D eigenvalue weighted by atomic mass is 16.5. The lowest BCUT2D eigenvalue weighted by atomic mass is 10.0. The summed E-state index contributed by atoms with van der Waals surface area (Å²) < 4.78 is 5.02. The van der Waals surface area contributed by atoms with Gasteiger partial charge in [-0.05, 0) is 12.3 Å². The van der Waals surface area contributed by atoms with Crippen LogP contribution in [0.5, 0.6) is 0 Å². The lowest BCUT2D eigenvalue weighted by Crippen LogP contribution is -2.36. The second-order valence-corrected chi connectivity index (χ2v) is 3.84. The van der Waals surface area contributed by atoms with Crippen molar-refractivity contribution < 1.29 is 14.6 Å². The van der Waals surface area contributed by atoms with Crippen LogP contribution in [-0.2, 0) is 9.53 Å². The number of unbranched alkanes of at least 4 members (excludes halogenated alkanes) is 1. The molecule has 4 heteroatoms. The van der Waals surface area contributed by atoms with E-state index in [4.69, 9.17) is 15.6 Å². The second kappa shape index (κ2) is 8.68. The van der Waals surface area contributed by atoms with Gasteiger partial charge in [-0.2, -0.15) is 0 Å². The Morgan fingerprint density at radius 2 is 2.13 bits per heavy atom. The van der Waals surface area contributed by atoms with Gasteiger partial charge in [-0.1, -0.05) is 33.1 Å². The number of rotatable bonds is 8. The first-order valence-electron chi connectivity index (χ1n) is 5.68. The summed E-state index contributed by atoms with van der Waals surface area (Å²) in [6, 6.07) is -0.895. The van der Waals surface area contributed by atoms with Crippen LogP contribution in [0.2, 0.25) is 0 Å². The molecule has 0 aromatic rings. The molecule has 0 aliphatic heterocycles. The van der Waals surface area contributed by atoms with E-state index >= 15 is 0 Å². The van der Waals surface area contributed by atoms with Crippen LogP contribution in [0, 0.1) is 5.92 Å². The van der Waals surface area contributed by atoms with E-state index in [1.54, 1.807) is 0 Å². The van der Waals surface area contributed by atoms with Crippen LogP contribution in [0.15, 0.2) is 0 Å². The number of nitrogens with two attached hydrogens (primary N) is 1. The van der Waals surface area contributed by atoms with Gasteiger partial charge < -0.3 is 15.6 Å². The zero-order valence-electron chi connectivity index (χ0n) is 9.74. The van der Waals surface area contributed by atoms with Crippen molar-refractivity contribution >= 4 is 5.97 Å². The van der Waals surface area contributed by atoms with Crippen LogP contribution < -0.4 is 5.73 Å². The number of hydrogen-bond donors (Lipinski definition) is 2. The highest BCUT2D eigenvalue weighted by Crippen LogP contribution is 2.12. The van der Waals surface area contributed by atoms with Gasteiger partial charge in [-0.15, -0.1) is 0 Å². The number of ether oxygens (including phenoxy) is 1. The average Bonchev–Trinajstić information content (AvgIpc) is 2.27. The minimum absolute atomic E-state index is 0.357. The van der Waals surface area contributed by atoms with E-state index in [0.717, 1.165) is 25.7 Å². The van der Waals surface area contributed by atoms with Crippen molar-refractivity contribution in [3.8, 4) is 0 Å². The van der Waals surface area contributed by atoms with Crippen molar-refractivity contribution in [2.75, 3.05) is 13.2 Å². The molecule has 90 valence electrons. The van der Waals surface area contributed by atoms with E-state index in [-0.39, 0.29) is 6.61 Å². The first-order chi connectivity index (χ1) is 7.15. The summed E-state index contributed by atoms with van der Waals surface area (Å²) in [6.45, 7) is 4.29. The number of esters is 1. The number of carbonyl (C=O) groups excluding carboxylic acids is 1. The molecule has 4 nitrogen and oxygen atoms in total. The molecule has 0 spiro atoms. The van der Waals surface area contributed by atoms with Gasteiger partial charge in [-0.25, -0.2) is 0 Å². The lowest BCUT2D eigenvalue weighted by molar-refractivity contribution is -0.147. The quantitative estimate of drug-likeness (QED) is 0.596. The first kappa shape index (κ1) is 14.4. The Morgan fingerprint density at radius 3 is 2.60 bits per heavy atom. The first-order valence-corrected chi connectivity index (χ1v) is 5.68. The lowest BCUT2D eigenvalue weighted by Gasteiger charge is -2.16. The molecule has 0 aliphatic rings. The number of carbonyl (C=O) groups is 1. The molecule has 0 amide bonds. The normalized spacial score (nSPS) is 14.7. The molecule has 0 saturated carbocycles. The summed E-state index contributed by atoms with van der Waals surface area (Å²) in [5, 5.41) is 8.64. The summed E-state index contributed by atoms with van der Waals surface area (Å²) in [5.41, 5.74) is 5.32. The van der Waals surface area contributed by atoms with Crippen LogP contribution in [-0.4, -0.2) is 30.3 Å². The maximum absolute atomic E-state index is 11.2. The molecule has 0 radical (unpaired) electrons. The standard InChI is InChI=1S/C11H23NO3/c1-3-5-6-9(4-2)8-15-11(14)10(12)7-13/h9-10,13H,3-8,12H2,1-2H3. The number of hydrogen-bond acceptors (Lipinski definition) is 4. The molecule has 2 unspecified atom stereocenters. The SMILES string of the molecule is CCCCC(CC)COC(=O)C(N)CO. The van der Waals surface area contributed by atoms with E-state index in [1.807, 2.05) is 0 Å². The Hall–Kier alpha value is -0.610. The monoisotopic (exact) mass is 217 g/mol. The van der Waals surface area contributed by atoms with E-state index < -0.39 is 12.0 Å². The zero-order valence-corrected chi connectivity index (χ0v) is 9.74. The summed E-state index contributed by atoms with van der Waals surface area (Å²) >= 11 is 0. The molecule has 0 saturated heterocycles. The summed E-state index contributed by atoms with van der Waals surface area (Å²) in [7, 11) is 0. The molecular weight excluding hydrogens is 194 g/mol. The minimum atomic E-state index is -0.895. The van der Waals surface area contributed by atoms with Crippen molar-refractivity contribution in [2.24, 2.45) is 11.7 Å². The molecular formula is C11H23NO3. The number of aliphatic hydroxyl groups excluding tert-OH is 1. The second-order valence-electron chi connectivity index (χ2n) is 3.84. The molecule has 15 heavy (non-hydrogen) atoms. The van der Waals surface area contributed by atoms with Gasteiger partial charge in [0.1, 0.15) is 6.04 Å². The molecule has 0 fully saturated rings. The molecule has 0 aromatic carbocycles. The third kappa shape index (κ3) is 6.47. The predicted octanol–water partition coefficient (Wildman–Crippen LogP) is 1.07. The Labute approximate surface area is 91.8 Å². The van der Waals surface area contributed by atoms with Crippen molar-refractivity contribution in [2.45, 2.75) is 45.6 Å². The van der Waals surface area contributed by atoms with E-state index in [0.29, 0.717) is 12.5 Å². The maximum Gasteiger partial charge on any atom is 0.325 e. The summed E-state index contributed by atoms with van der Waals surface area (Å²) in [4.78, 5) is 11.2. The van der Waals surface area contributed by atoms with E-state index in [2.05, 4.69) is 13.8 Å². The minimum Gasteiger partial charge on any atom is -0.464 e. The van der Waals surface area contributed by atoms with Gasteiger partial charge in [0.15, 0.2) is 0 Å². The predicted molar refractivity (Wildman–Crippen MR) is 59.3 cm³/mol. The van der Waals surface area contributed by atoms with Gasteiger partial charge in [0, 0.05) is 0 Å². The highest BCUT2D eigenvalue weighted by molar-refractivity contribution is 5.75.